The van der Waals surface area contributed by atoms with Crippen LogP contribution in [0.2, 0.25) is 0 Å². The van der Waals surface area contributed by atoms with Crippen LogP contribution in [0.5, 0.6) is 0 Å². The molecule has 0 bridgehead atoms. The van der Waals surface area contributed by atoms with Gasteiger partial charge in [0.05, 0.1) is 18.3 Å². The molecule has 1 saturated carbocycles. The summed E-state index contributed by atoms with van der Waals surface area (Å²) in [5, 5.41) is 0. The van der Waals surface area contributed by atoms with Gasteiger partial charge in [0, 0.05) is 6.16 Å². The number of halogens is 5. The van der Waals surface area contributed by atoms with Gasteiger partial charge in [0.1, 0.15) is 0 Å². The molecule has 1 aliphatic carbocycles. The molecule has 1 aromatic carbocycles. The van der Waals surface area contributed by atoms with Crippen molar-refractivity contribution in [1.29, 1.82) is 0 Å². The number of benzene rings is 1. The van der Waals surface area contributed by atoms with Crippen molar-refractivity contribution in [3.63, 3.8) is 0 Å². The van der Waals surface area contributed by atoms with E-state index in [1.807, 2.05) is 0 Å². The number of hydrogen-bond acceptors (Lipinski definition) is 3. The second-order valence-electron chi connectivity index (χ2n) is 5.61. The second kappa shape index (κ2) is 7.93. The van der Waals surface area contributed by atoms with E-state index in [9.17, 15) is 26.5 Å². The van der Waals surface area contributed by atoms with E-state index in [1.165, 1.54) is 6.92 Å². The Hall–Kier alpha value is -0.980. The Balaban J connectivity index is 2.14. The summed E-state index contributed by atoms with van der Waals surface area (Å²) < 4.78 is 89.5. The Kier molecular flexibility index (Phi) is 6.39. The highest BCUT2D eigenvalue weighted by atomic mass is 31.2. The molecule has 0 N–H and O–H groups in total. The first-order chi connectivity index (χ1) is 11.3. The molecular formula is C15H18F5O3P. The van der Waals surface area contributed by atoms with E-state index in [4.69, 9.17) is 9.05 Å². The SMILES string of the molecule is CCP(=O)(OCc1c(F)c(F)c(F)c(F)c1F)OC1CCCCC1. The van der Waals surface area contributed by atoms with Crippen molar-refractivity contribution in [2.45, 2.75) is 51.7 Å². The maximum absolute atomic E-state index is 13.6. The molecule has 136 valence electrons. The van der Waals surface area contributed by atoms with Crippen LogP contribution in [0.1, 0.15) is 44.6 Å². The van der Waals surface area contributed by atoms with Gasteiger partial charge in [0.2, 0.25) is 5.82 Å². The van der Waals surface area contributed by atoms with E-state index < -0.39 is 48.9 Å². The van der Waals surface area contributed by atoms with Crippen molar-refractivity contribution >= 4 is 7.60 Å². The lowest BCUT2D eigenvalue weighted by Crippen LogP contribution is -2.17. The molecule has 0 heterocycles. The predicted molar refractivity (Wildman–Crippen MR) is 77.1 cm³/mol. The van der Waals surface area contributed by atoms with Crippen LogP contribution in [-0.2, 0) is 20.2 Å². The highest BCUT2D eigenvalue weighted by molar-refractivity contribution is 7.53. The maximum atomic E-state index is 13.6. The van der Waals surface area contributed by atoms with Crippen molar-refractivity contribution in [2.24, 2.45) is 0 Å². The Morgan fingerprint density at radius 1 is 0.917 bits per heavy atom. The third kappa shape index (κ3) is 4.16. The quantitative estimate of drug-likeness (QED) is 0.288. The van der Waals surface area contributed by atoms with Crippen molar-refractivity contribution in [1.82, 2.24) is 0 Å². The molecule has 1 fully saturated rings. The largest absolute Gasteiger partial charge is 0.330 e. The van der Waals surface area contributed by atoms with E-state index in [1.54, 1.807) is 0 Å². The van der Waals surface area contributed by atoms with Gasteiger partial charge >= 0.3 is 7.60 Å². The number of hydrogen-bond donors (Lipinski definition) is 0. The first-order valence-electron chi connectivity index (χ1n) is 7.71. The maximum Gasteiger partial charge on any atom is 0.330 e. The molecule has 1 aromatic rings. The molecule has 0 spiro atoms. The zero-order valence-corrected chi connectivity index (χ0v) is 14.0. The van der Waals surface area contributed by atoms with Gasteiger partial charge in [-0.05, 0) is 12.8 Å². The third-order valence-corrected chi connectivity index (χ3v) is 5.87. The fraction of sp³-hybridized carbons (Fsp3) is 0.600. The lowest BCUT2D eigenvalue weighted by Gasteiger charge is -2.26. The third-order valence-electron chi connectivity index (χ3n) is 3.96. The Bertz CT molecular complexity index is 617. The van der Waals surface area contributed by atoms with Crippen LogP contribution in [0.4, 0.5) is 22.0 Å². The minimum atomic E-state index is -3.69. The summed E-state index contributed by atoms with van der Waals surface area (Å²) in [6, 6.07) is 0. The summed E-state index contributed by atoms with van der Waals surface area (Å²) in [7, 11) is -3.69. The molecule has 0 amide bonds. The molecule has 1 atom stereocenters. The number of rotatable bonds is 6. The first kappa shape index (κ1) is 19.3. The molecule has 0 aromatic heterocycles. The Morgan fingerprint density at radius 2 is 1.42 bits per heavy atom. The zero-order valence-electron chi connectivity index (χ0n) is 13.1. The van der Waals surface area contributed by atoms with Gasteiger partial charge < -0.3 is 9.05 Å². The highest BCUT2D eigenvalue weighted by Gasteiger charge is 2.31. The van der Waals surface area contributed by atoms with Gasteiger partial charge in [-0.25, -0.2) is 22.0 Å². The fourth-order valence-corrected chi connectivity index (χ4v) is 3.92. The molecule has 1 unspecified atom stereocenters. The van der Waals surface area contributed by atoms with Crippen LogP contribution >= 0.6 is 7.60 Å². The topological polar surface area (TPSA) is 35.5 Å². The van der Waals surface area contributed by atoms with Gasteiger partial charge in [-0.15, -0.1) is 0 Å². The standard InChI is InChI=1S/C15H18F5O3P/c1-2-24(21,23-9-6-4-3-5-7-9)22-8-10-11(16)13(18)15(20)14(19)12(10)17/h9H,2-8H2,1H3. The molecule has 24 heavy (non-hydrogen) atoms. The second-order valence-corrected chi connectivity index (χ2v) is 7.94. The molecular weight excluding hydrogens is 354 g/mol. The molecule has 1 aliphatic rings. The summed E-state index contributed by atoms with van der Waals surface area (Å²) in [5.74, 6) is -10.4. The van der Waals surface area contributed by atoms with Gasteiger partial charge in [-0.3, -0.25) is 4.57 Å². The Labute approximate surface area is 136 Å². The summed E-state index contributed by atoms with van der Waals surface area (Å²) in [6.07, 6.45) is 3.88. The van der Waals surface area contributed by atoms with E-state index in [0.29, 0.717) is 12.8 Å². The lowest BCUT2D eigenvalue weighted by molar-refractivity contribution is 0.113. The van der Waals surface area contributed by atoms with Crippen LogP contribution in [0.15, 0.2) is 0 Å². The van der Waals surface area contributed by atoms with Crippen molar-refractivity contribution in [2.75, 3.05) is 6.16 Å². The molecule has 2 rings (SSSR count). The van der Waals surface area contributed by atoms with E-state index in [-0.39, 0.29) is 12.3 Å². The molecule has 9 heteroatoms. The highest BCUT2D eigenvalue weighted by Crippen LogP contribution is 2.51. The summed E-state index contributed by atoms with van der Waals surface area (Å²) in [6.45, 7) is 0.478. The molecule has 0 radical (unpaired) electrons. The van der Waals surface area contributed by atoms with Gasteiger partial charge in [-0.1, -0.05) is 26.2 Å². The monoisotopic (exact) mass is 372 g/mol. The van der Waals surface area contributed by atoms with Crippen LogP contribution in [0.25, 0.3) is 0 Å². The van der Waals surface area contributed by atoms with E-state index >= 15 is 0 Å². The molecule has 0 saturated heterocycles. The summed E-state index contributed by atoms with van der Waals surface area (Å²) in [5.41, 5.74) is -1.16. The van der Waals surface area contributed by atoms with Crippen LogP contribution < -0.4 is 0 Å². The summed E-state index contributed by atoms with van der Waals surface area (Å²) in [4.78, 5) is 0. The molecule has 3 nitrogen and oxygen atoms in total. The minimum Gasteiger partial charge on any atom is -0.305 e. The predicted octanol–water partition coefficient (Wildman–Crippen LogP) is 5.46. The van der Waals surface area contributed by atoms with E-state index in [2.05, 4.69) is 0 Å². The van der Waals surface area contributed by atoms with Crippen molar-refractivity contribution in [3.05, 3.63) is 34.6 Å². The van der Waals surface area contributed by atoms with Crippen molar-refractivity contribution < 1.29 is 35.6 Å². The van der Waals surface area contributed by atoms with Crippen LogP contribution in [-0.4, -0.2) is 12.3 Å². The smallest absolute Gasteiger partial charge is 0.305 e. The summed E-state index contributed by atoms with van der Waals surface area (Å²) >= 11 is 0. The fourth-order valence-electron chi connectivity index (χ4n) is 2.53. The van der Waals surface area contributed by atoms with Gasteiger partial charge in [-0.2, -0.15) is 0 Å². The minimum absolute atomic E-state index is 0.0705. The first-order valence-corrected chi connectivity index (χ1v) is 9.44. The van der Waals surface area contributed by atoms with Gasteiger partial charge in [0.15, 0.2) is 23.3 Å². The van der Waals surface area contributed by atoms with E-state index in [0.717, 1.165) is 19.3 Å². The average Bonchev–Trinajstić information content (AvgIpc) is 2.59. The van der Waals surface area contributed by atoms with Crippen LogP contribution in [0.3, 0.4) is 0 Å². The Morgan fingerprint density at radius 3 is 1.92 bits per heavy atom. The van der Waals surface area contributed by atoms with Gasteiger partial charge in [0.25, 0.3) is 0 Å². The van der Waals surface area contributed by atoms with Crippen molar-refractivity contribution in [3.8, 4) is 0 Å². The lowest BCUT2D eigenvalue weighted by atomic mass is 9.98. The average molecular weight is 372 g/mol. The zero-order chi connectivity index (χ0) is 17.9. The normalized spacial score (nSPS) is 18.6. The molecule has 0 aliphatic heterocycles. The van der Waals surface area contributed by atoms with Crippen LogP contribution in [0, 0.1) is 29.1 Å².